The molecule has 0 aliphatic rings. The minimum absolute atomic E-state index is 0.00996. The van der Waals surface area contributed by atoms with Gasteiger partial charge in [0.05, 0.1) is 22.9 Å². The highest BCUT2D eigenvalue weighted by Crippen LogP contribution is 2.42. The van der Waals surface area contributed by atoms with Crippen LogP contribution in [0.15, 0.2) is 114 Å². The Kier molecular flexibility index (Phi) is 17.2. The highest BCUT2D eigenvalue weighted by Gasteiger charge is 2.51. The third kappa shape index (κ3) is 12.6. The van der Waals surface area contributed by atoms with Gasteiger partial charge in [0.15, 0.2) is 8.32 Å². The molecule has 0 aliphatic heterocycles. The summed E-state index contributed by atoms with van der Waals surface area (Å²) in [4.78, 5) is 29.8. The van der Waals surface area contributed by atoms with Crippen molar-refractivity contribution in [2.24, 2.45) is 17.3 Å². The number of nitrogens with zero attached hydrogens (tertiary/aromatic N) is 1. The Morgan fingerprint density at radius 2 is 1.34 bits per heavy atom. The number of rotatable bonds is 21. The molecule has 59 heavy (non-hydrogen) atoms. The summed E-state index contributed by atoms with van der Waals surface area (Å²) in [5.74, 6) is -0.237. The predicted octanol–water partition coefficient (Wildman–Crippen LogP) is 10.8. The van der Waals surface area contributed by atoms with Crippen LogP contribution in [0.2, 0.25) is 18.1 Å². The maximum atomic E-state index is 13.3. The molecule has 0 amide bonds. The van der Waals surface area contributed by atoms with Crippen LogP contribution in [0.5, 0.6) is 0 Å². The summed E-state index contributed by atoms with van der Waals surface area (Å²) in [6.45, 7) is 25.6. The summed E-state index contributed by atoms with van der Waals surface area (Å²) >= 11 is 1.61. The van der Waals surface area contributed by atoms with E-state index in [9.17, 15) is 9.59 Å². The Labute approximate surface area is 361 Å². The quantitative estimate of drug-likeness (QED) is 0.0208. The highest BCUT2D eigenvalue weighted by molar-refractivity contribution is 7.09. The Bertz CT molecular complexity index is 1870. The van der Waals surface area contributed by atoms with Gasteiger partial charge in [0.1, 0.15) is 12.4 Å². The SMILES string of the molecule is CC(=O)O[C@@H](C/C=C\CCC[C@H](C)[C@H](O[Si](C)(C)C(C)(C)C)[C@@H](C)[C@@H](O[Si](c1ccccc1)(c1ccccc1)c1ccccc1)C(C)(C)C=O)/C(C)=C/c1csc(C)n1. The molecule has 6 nitrogen and oxygen atoms in total. The van der Waals surface area contributed by atoms with Crippen LogP contribution in [0.3, 0.4) is 0 Å². The molecule has 0 spiro atoms. The number of ether oxygens (including phenoxy) is 1. The van der Waals surface area contributed by atoms with E-state index in [0.717, 1.165) is 57.4 Å². The first kappa shape index (κ1) is 47.9. The zero-order valence-corrected chi connectivity index (χ0v) is 40.5. The standard InChI is InChI=1S/C50H69NO5SSi2/c1-37(26-18-13-14-25-33-46(54-41(5)53)38(2)34-42-35-57-40(4)51-42)47(55-58(11,12)49(6,7)8)39(3)48(50(9,10)36-52)56-59(43-27-19-15-20-28-43,44-29-21-16-22-30-44)45-31-23-17-24-32-45/h14-17,19-25,27-32,34-37,39,46-48H,13,18,26,33H2,1-12H3/b25-14-,38-34+/t37-,39+,46-,47-,48+/m0/s1. The van der Waals surface area contributed by atoms with Crippen molar-refractivity contribution in [3.05, 3.63) is 125 Å². The molecule has 1 aromatic heterocycles. The van der Waals surface area contributed by atoms with Crippen molar-refractivity contribution >= 4 is 61.9 Å². The number of hydrogen-bond donors (Lipinski definition) is 0. The van der Waals surface area contributed by atoms with Crippen LogP contribution in [0.25, 0.3) is 6.08 Å². The largest absolute Gasteiger partial charge is 0.458 e. The summed E-state index contributed by atoms with van der Waals surface area (Å²) in [6.07, 6.45) is 9.86. The molecular weight excluding hydrogens is 783 g/mol. The lowest BCUT2D eigenvalue weighted by molar-refractivity contribution is -0.144. The molecule has 0 fully saturated rings. The second kappa shape index (κ2) is 21.2. The zero-order chi connectivity index (χ0) is 43.4. The zero-order valence-electron chi connectivity index (χ0n) is 37.7. The fourth-order valence-electron chi connectivity index (χ4n) is 7.71. The summed E-state index contributed by atoms with van der Waals surface area (Å²) in [6, 6.07) is 31.8. The number of unbranched alkanes of at least 4 members (excludes halogenated alkanes) is 1. The van der Waals surface area contributed by atoms with Crippen molar-refractivity contribution in [3.63, 3.8) is 0 Å². The second-order valence-electron chi connectivity index (χ2n) is 18.4. The van der Waals surface area contributed by atoms with Crippen LogP contribution in [-0.2, 0) is 23.2 Å². The number of benzene rings is 3. The lowest BCUT2D eigenvalue weighted by atomic mass is 9.76. The monoisotopic (exact) mass is 851 g/mol. The molecule has 4 aromatic rings. The topological polar surface area (TPSA) is 74.7 Å². The first-order valence-electron chi connectivity index (χ1n) is 21.2. The van der Waals surface area contributed by atoms with Gasteiger partial charge >= 0.3 is 5.97 Å². The molecule has 9 heteroatoms. The predicted molar refractivity (Wildman–Crippen MR) is 253 cm³/mol. The summed E-state index contributed by atoms with van der Waals surface area (Å²) in [5.41, 5.74) is 1.04. The molecule has 0 unspecified atom stereocenters. The van der Waals surface area contributed by atoms with Gasteiger partial charge < -0.3 is 18.4 Å². The van der Waals surface area contributed by atoms with Gasteiger partial charge in [-0.2, -0.15) is 0 Å². The van der Waals surface area contributed by atoms with E-state index >= 15 is 0 Å². The number of aldehydes is 1. The molecule has 0 bridgehead atoms. The molecule has 318 valence electrons. The Balaban J connectivity index is 1.67. The minimum Gasteiger partial charge on any atom is -0.458 e. The number of hydrogen-bond acceptors (Lipinski definition) is 7. The molecule has 4 rings (SSSR count). The van der Waals surface area contributed by atoms with E-state index in [4.69, 9.17) is 13.6 Å². The number of thiazole rings is 1. The summed E-state index contributed by atoms with van der Waals surface area (Å²) in [7, 11) is -5.47. The molecule has 0 N–H and O–H groups in total. The van der Waals surface area contributed by atoms with E-state index in [1.165, 1.54) is 6.92 Å². The van der Waals surface area contributed by atoms with Gasteiger partial charge in [-0.1, -0.05) is 152 Å². The van der Waals surface area contributed by atoms with E-state index in [1.54, 1.807) is 11.3 Å². The summed E-state index contributed by atoms with van der Waals surface area (Å²) < 4.78 is 21.1. The fourth-order valence-corrected chi connectivity index (χ4v) is 14.1. The maximum absolute atomic E-state index is 13.3. The van der Waals surface area contributed by atoms with Gasteiger partial charge in [-0.25, -0.2) is 4.98 Å². The average molecular weight is 852 g/mol. The number of carbonyl (C=O) groups is 2. The van der Waals surface area contributed by atoms with Crippen molar-refractivity contribution < 1.29 is 23.2 Å². The van der Waals surface area contributed by atoms with Crippen LogP contribution in [0.1, 0.15) is 98.7 Å². The van der Waals surface area contributed by atoms with Crippen molar-refractivity contribution in [1.29, 1.82) is 0 Å². The number of allylic oxidation sites excluding steroid dienone is 1. The smallest absolute Gasteiger partial charge is 0.303 e. The maximum Gasteiger partial charge on any atom is 0.303 e. The lowest BCUT2D eigenvalue weighted by Gasteiger charge is -2.48. The van der Waals surface area contributed by atoms with E-state index in [2.05, 4.69) is 156 Å². The van der Waals surface area contributed by atoms with Gasteiger partial charge in [0.25, 0.3) is 8.32 Å². The Morgan fingerprint density at radius 3 is 1.78 bits per heavy atom. The fraction of sp³-hybridized carbons (Fsp3) is 0.460. The molecule has 5 atom stereocenters. The van der Waals surface area contributed by atoms with Gasteiger partial charge in [0, 0.05) is 30.1 Å². The van der Waals surface area contributed by atoms with Gasteiger partial charge in [-0.3, -0.25) is 4.79 Å². The van der Waals surface area contributed by atoms with Crippen LogP contribution in [0.4, 0.5) is 0 Å². The van der Waals surface area contributed by atoms with Crippen molar-refractivity contribution in [1.82, 2.24) is 4.98 Å². The normalized spacial score (nSPS) is 15.7. The van der Waals surface area contributed by atoms with E-state index in [0.29, 0.717) is 6.42 Å². The van der Waals surface area contributed by atoms with Crippen LogP contribution >= 0.6 is 11.3 Å². The van der Waals surface area contributed by atoms with E-state index in [1.807, 2.05) is 39.2 Å². The van der Waals surface area contributed by atoms with Crippen molar-refractivity contribution in [3.8, 4) is 0 Å². The van der Waals surface area contributed by atoms with Crippen molar-refractivity contribution in [2.45, 2.75) is 131 Å². The van der Waals surface area contributed by atoms with E-state index < -0.39 is 28.2 Å². The Morgan fingerprint density at radius 1 is 0.814 bits per heavy atom. The highest BCUT2D eigenvalue weighted by atomic mass is 32.1. The van der Waals surface area contributed by atoms with Gasteiger partial charge in [-0.05, 0) is 84.4 Å². The molecule has 3 aromatic carbocycles. The van der Waals surface area contributed by atoms with Crippen LogP contribution < -0.4 is 15.6 Å². The third-order valence-corrected chi connectivity index (χ3v) is 21.4. The first-order chi connectivity index (χ1) is 27.8. The number of esters is 1. The molecular formula is C50H69NO5SSi2. The van der Waals surface area contributed by atoms with Crippen LogP contribution in [-0.4, -0.2) is 52.2 Å². The number of aromatic nitrogens is 1. The van der Waals surface area contributed by atoms with Crippen molar-refractivity contribution in [2.75, 3.05) is 0 Å². The van der Waals surface area contributed by atoms with E-state index in [-0.39, 0.29) is 35.1 Å². The molecule has 1 heterocycles. The third-order valence-electron chi connectivity index (χ3n) is 12.1. The molecule has 0 saturated carbocycles. The average Bonchev–Trinajstić information content (AvgIpc) is 3.62. The van der Waals surface area contributed by atoms with Crippen LogP contribution in [0, 0.1) is 24.2 Å². The number of carbonyl (C=O) groups excluding carboxylic acids is 2. The molecule has 0 saturated heterocycles. The Hall–Kier alpha value is -3.74. The molecule has 0 radical (unpaired) electrons. The summed E-state index contributed by atoms with van der Waals surface area (Å²) in [5, 5.41) is 6.43. The van der Waals surface area contributed by atoms with Gasteiger partial charge in [-0.15, -0.1) is 11.3 Å². The first-order valence-corrected chi connectivity index (χ1v) is 26.9. The lowest BCUT2D eigenvalue weighted by Crippen LogP contribution is -2.72. The minimum atomic E-state index is -3.19. The van der Waals surface area contributed by atoms with Gasteiger partial charge in [0.2, 0.25) is 0 Å². The second-order valence-corrected chi connectivity index (χ2v) is 27.5. The number of aryl methyl sites for hydroxylation is 1. The molecule has 0 aliphatic carbocycles.